The van der Waals surface area contributed by atoms with E-state index in [0.717, 1.165) is 31.6 Å². The highest BCUT2D eigenvalue weighted by Crippen LogP contribution is 2.33. The molecule has 36 heavy (non-hydrogen) atoms. The smallest absolute Gasteiger partial charge is 0.273 e. The molecule has 3 aromatic rings. The van der Waals surface area contributed by atoms with Gasteiger partial charge in [0.2, 0.25) is 11.8 Å². The number of piperidine rings is 1. The fourth-order valence-corrected chi connectivity index (χ4v) is 4.63. The molecule has 2 aliphatic rings. The van der Waals surface area contributed by atoms with Crippen molar-refractivity contribution in [1.82, 2.24) is 14.9 Å². The molecule has 0 spiro atoms. The monoisotopic (exact) mass is 491 g/mol. The van der Waals surface area contributed by atoms with Gasteiger partial charge in [-0.3, -0.25) is 14.9 Å². The zero-order valence-corrected chi connectivity index (χ0v) is 19.9. The van der Waals surface area contributed by atoms with Crippen LogP contribution in [0.2, 0.25) is 0 Å². The van der Waals surface area contributed by atoms with Gasteiger partial charge in [0.1, 0.15) is 11.6 Å². The number of fused-ring (bicyclic) bond motifs is 1. The number of carbonyl (C=O) groups excluding carboxylic acids is 1. The van der Waals surface area contributed by atoms with Gasteiger partial charge >= 0.3 is 0 Å². The van der Waals surface area contributed by atoms with Gasteiger partial charge in [0.25, 0.3) is 11.6 Å². The maximum absolute atomic E-state index is 13.8. The highest BCUT2D eigenvalue weighted by Gasteiger charge is 2.29. The summed E-state index contributed by atoms with van der Waals surface area (Å²) in [5.74, 6) is 0.426. The molecule has 0 unspecified atom stereocenters. The van der Waals surface area contributed by atoms with Crippen LogP contribution in [0, 0.1) is 22.9 Å². The molecule has 0 radical (unpaired) electrons. The largest absolute Gasteiger partial charge is 0.438 e. The van der Waals surface area contributed by atoms with Crippen LogP contribution in [0.1, 0.15) is 46.4 Å². The molecule has 1 amide bonds. The van der Waals surface area contributed by atoms with Crippen molar-refractivity contribution in [3.63, 3.8) is 0 Å². The standard InChI is InChI=1S/C26H26FN5O4/c1-17-8-9-18(14-23(17)32(34)35)25(33)31-13-10-22-21(16-31)24(36-20-7-5-6-19(27)15-20)29-26(28-22)30-11-3-2-4-12-30/h5-9,14-15H,2-4,10-13,16H2,1H3. The molecule has 9 nitrogen and oxygen atoms in total. The number of rotatable bonds is 5. The third-order valence-corrected chi connectivity index (χ3v) is 6.60. The van der Waals surface area contributed by atoms with E-state index >= 15 is 0 Å². The molecule has 1 fully saturated rings. The minimum atomic E-state index is -0.488. The molecule has 10 heteroatoms. The lowest BCUT2D eigenvalue weighted by Crippen LogP contribution is -2.37. The summed E-state index contributed by atoms with van der Waals surface area (Å²) >= 11 is 0. The molecule has 1 saturated heterocycles. The van der Waals surface area contributed by atoms with Crippen molar-refractivity contribution < 1.29 is 18.8 Å². The molecule has 0 atom stereocenters. The van der Waals surface area contributed by atoms with E-state index in [-0.39, 0.29) is 23.7 Å². The number of aryl methyl sites for hydroxylation is 1. The van der Waals surface area contributed by atoms with Gasteiger partial charge in [0.15, 0.2) is 0 Å². The van der Waals surface area contributed by atoms with E-state index in [1.807, 2.05) is 0 Å². The van der Waals surface area contributed by atoms with Crippen LogP contribution < -0.4 is 9.64 Å². The second-order valence-electron chi connectivity index (χ2n) is 9.10. The predicted molar refractivity (Wildman–Crippen MR) is 131 cm³/mol. The average molecular weight is 492 g/mol. The lowest BCUT2D eigenvalue weighted by molar-refractivity contribution is -0.385. The SMILES string of the molecule is Cc1ccc(C(=O)N2CCc3nc(N4CCCCC4)nc(Oc4cccc(F)c4)c3C2)cc1[N+](=O)[O-]. The predicted octanol–water partition coefficient (Wildman–Crippen LogP) is 4.81. The Hall–Kier alpha value is -4.08. The number of hydrogen-bond acceptors (Lipinski definition) is 7. The number of aromatic nitrogens is 2. The second-order valence-corrected chi connectivity index (χ2v) is 9.10. The summed E-state index contributed by atoms with van der Waals surface area (Å²) in [4.78, 5) is 37.4. The van der Waals surface area contributed by atoms with Crippen LogP contribution in [0.4, 0.5) is 16.0 Å². The van der Waals surface area contributed by atoms with E-state index in [0.29, 0.717) is 41.7 Å². The van der Waals surface area contributed by atoms with Gasteiger partial charge in [-0.2, -0.15) is 4.98 Å². The molecule has 186 valence electrons. The zero-order valence-electron chi connectivity index (χ0n) is 19.9. The summed E-state index contributed by atoms with van der Waals surface area (Å²) in [7, 11) is 0. The van der Waals surface area contributed by atoms with E-state index in [9.17, 15) is 19.3 Å². The summed E-state index contributed by atoms with van der Waals surface area (Å²) in [5, 5.41) is 11.4. The van der Waals surface area contributed by atoms with Crippen LogP contribution in [-0.4, -0.2) is 45.3 Å². The number of ether oxygens (including phenoxy) is 1. The molecule has 0 N–H and O–H groups in total. The fourth-order valence-electron chi connectivity index (χ4n) is 4.63. The number of halogens is 1. The third-order valence-electron chi connectivity index (χ3n) is 6.60. The maximum atomic E-state index is 13.8. The fraction of sp³-hybridized carbons (Fsp3) is 0.346. The van der Waals surface area contributed by atoms with E-state index < -0.39 is 10.7 Å². The highest BCUT2D eigenvalue weighted by atomic mass is 19.1. The van der Waals surface area contributed by atoms with Gasteiger partial charge < -0.3 is 14.5 Å². The third kappa shape index (κ3) is 4.84. The molecule has 2 aliphatic heterocycles. The Balaban J connectivity index is 1.48. The van der Waals surface area contributed by atoms with Crippen molar-refractivity contribution >= 4 is 17.5 Å². The summed E-state index contributed by atoms with van der Waals surface area (Å²) < 4.78 is 19.9. The normalized spacial score (nSPS) is 15.4. The van der Waals surface area contributed by atoms with Gasteiger partial charge in [-0.15, -0.1) is 0 Å². The number of nitrogens with zero attached hydrogens (tertiary/aromatic N) is 5. The van der Waals surface area contributed by atoms with Crippen LogP contribution in [0.15, 0.2) is 42.5 Å². The number of carbonyl (C=O) groups is 1. The molecular formula is C26H26FN5O4. The van der Waals surface area contributed by atoms with Gasteiger partial charge in [0.05, 0.1) is 22.7 Å². The van der Waals surface area contributed by atoms with Crippen molar-refractivity contribution in [1.29, 1.82) is 0 Å². The van der Waals surface area contributed by atoms with Gasteiger partial charge in [-0.05, 0) is 44.4 Å². The van der Waals surface area contributed by atoms with E-state index in [1.165, 1.54) is 24.6 Å². The van der Waals surface area contributed by atoms with E-state index in [4.69, 9.17) is 14.7 Å². The molecule has 2 aromatic carbocycles. The minimum Gasteiger partial charge on any atom is -0.438 e. The molecule has 1 aromatic heterocycles. The summed E-state index contributed by atoms with van der Waals surface area (Å²) in [6.07, 6.45) is 3.78. The van der Waals surface area contributed by atoms with E-state index in [1.54, 1.807) is 36.1 Å². The zero-order chi connectivity index (χ0) is 25.2. The summed E-state index contributed by atoms with van der Waals surface area (Å²) in [5.41, 5.74) is 2.08. The Morgan fingerprint density at radius 2 is 1.89 bits per heavy atom. The summed E-state index contributed by atoms with van der Waals surface area (Å²) in [6, 6.07) is 10.3. The first kappa shape index (κ1) is 23.7. The van der Waals surface area contributed by atoms with Crippen LogP contribution in [0.3, 0.4) is 0 Å². The Morgan fingerprint density at radius 3 is 2.64 bits per heavy atom. The summed E-state index contributed by atoms with van der Waals surface area (Å²) in [6.45, 7) is 3.94. The molecule has 3 heterocycles. The van der Waals surface area contributed by atoms with Crippen molar-refractivity contribution in [2.75, 3.05) is 24.5 Å². The Bertz CT molecular complexity index is 1330. The van der Waals surface area contributed by atoms with Crippen molar-refractivity contribution in [3.05, 3.63) is 80.8 Å². The van der Waals surface area contributed by atoms with Gasteiger partial charge in [-0.1, -0.05) is 12.1 Å². The topological polar surface area (TPSA) is 102 Å². The first-order chi connectivity index (χ1) is 17.4. The van der Waals surface area contributed by atoms with Crippen LogP contribution in [0.5, 0.6) is 11.6 Å². The van der Waals surface area contributed by atoms with Gasteiger partial charge in [-0.25, -0.2) is 9.37 Å². The van der Waals surface area contributed by atoms with Crippen molar-refractivity contribution in [3.8, 4) is 11.6 Å². The number of benzene rings is 2. The quantitative estimate of drug-likeness (QED) is 0.373. The first-order valence-electron chi connectivity index (χ1n) is 12.0. The molecule has 0 aliphatic carbocycles. The molecular weight excluding hydrogens is 465 g/mol. The van der Waals surface area contributed by atoms with Crippen LogP contribution in [0.25, 0.3) is 0 Å². The maximum Gasteiger partial charge on any atom is 0.273 e. The second kappa shape index (κ2) is 9.88. The Labute approximate surface area is 207 Å². The first-order valence-corrected chi connectivity index (χ1v) is 12.0. The number of amides is 1. The number of nitro groups is 1. The number of hydrogen-bond donors (Lipinski definition) is 0. The number of anilines is 1. The minimum absolute atomic E-state index is 0.0945. The van der Waals surface area contributed by atoms with Gasteiger partial charge in [0, 0.05) is 49.3 Å². The van der Waals surface area contributed by atoms with Crippen LogP contribution in [-0.2, 0) is 13.0 Å². The Morgan fingerprint density at radius 1 is 1.08 bits per heavy atom. The van der Waals surface area contributed by atoms with E-state index in [2.05, 4.69) is 4.90 Å². The molecule has 0 bridgehead atoms. The van der Waals surface area contributed by atoms with Crippen LogP contribution >= 0.6 is 0 Å². The Kier molecular flexibility index (Phi) is 6.49. The van der Waals surface area contributed by atoms with Crippen molar-refractivity contribution in [2.45, 2.75) is 39.2 Å². The highest BCUT2D eigenvalue weighted by molar-refractivity contribution is 5.95. The average Bonchev–Trinajstić information content (AvgIpc) is 2.88. The lowest BCUT2D eigenvalue weighted by atomic mass is 10.0. The number of nitro benzene ring substituents is 1. The molecule has 5 rings (SSSR count). The lowest BCUT2D eigenvalue weighted by Gasteiger charge is -2.32. The van der Waals surface area contributed by atoms with Crippen molar-refractivity contribution in [2.24, 2.45) is 0 Å². The molecule has 0 saturated carbocycles.